The summed E-state index contributed by atoms with van der Waals surface area (Å²) in [6.45, 7) is 0. The molecule has 1 aliphatic rings. The van der Waals surface area contributed by atoms with Crippen LogP contribution in [0.1, 0.15) is 24.6 Å². The number of halogens is 1. The van der Waals surface area contributed by atoms with Gasteiger partial charge in [-0.15, -0.1) is 0 Å². The van der Waals surface area contributed by atoms with Crippen molar-refractivity contribution in [2.75, 3.05) is 5.73 Å². The average molecular weight is 236 g/mol. The SMILES string of the molecule is Nc1ccc(Cl)c(-c2nc(C3CC3)no2)c1. The molecule has 0 aliphatic heterocycles. The van der Waals surface area contributed by atoms with E-state index in [1.165, 1.54) is 0 Å². The molecule has 0 spiro atoms. The van der Waals surface area contributed by atoms with Crippen LogP contribution in [-0.4, -0.2) is 10.1 Å². The van der Waals surface area contributed by atoms with E-state index in [-0.39, 0.29) is 0 Å². The van der Waals surface area contributed by atoms with E-state index in [1.807, 2.05) is 0 Å². The predicted octanol–water partition coefficient (Wildman–Crippen LogP) is 2.85. The molecular formula is C11H10ClN3O. The summed E-state index contributed by atoms with van der Waals surface area (Å²) in [5.74, 6) is 1.69. The Balaban J connectivity index is 2.03. The lowest BCUT2D eigenvalue weighted by molar-refractivity contribution is 0.423. The van der Waals surface area contributed by atoms with Crippen LogP contribution in [0.15, 0.2) is 22.7 Å². The summed E-state index contributed by atoms with van der Waals surface area (Å²) >= 11 is 6.05. The van der Waals surface area contributed by atoms with Crippen LogP contribution in [-0.2, 0) is 0 Å². The van der Waals surface area contributed by atoms with Gasteiger partial charge in [-0.05, 0) is 31.0 Å². The van der Waals surface area contributed by atoms with Gasteiger partial charge in [0.1, 0.15) is 0 Å². The van der Waals surface area contributed by atoms with Crippen LogP contribution in [0.5, 0.6) is 0 Å². The normalized spacial score (nSPS) is 15.3. The molecule has 0 saturated heterocycles. The Labute approximate surface area is 97.4 Å². The maximum absolute atomic E-state index is 6.05. The predicted molar refractivity (Wildman–Crippen MR) is 61.1 cm³/mol. The zero-order chi connectivity index (χ0) is 11.1. The Morgan fingerprint density at radius 2 is 2.19 bits per heavy atom. The van der Waals surface area contributed by atoms with E-state index < -0.39 is 0 Å². The highest BCUT2D eigenvalue weighted by atomic mass is 35.5. The second-order valence-electron chi connectivity index (χ2n) is 3.97. The van der Waals surface area contributed by atoms with Gasteiger partial charge in [0.2, 0.25) is 0 Å². The van der Waals surface area contributed by atoms with Crippen molar-refractivity contribution < 1.29 is 4.52 Å². The molecule has 2 N–H and O–H groups in total. The first-order chi connectivity index (χ1) is 7.74. The number of nitrogens with two attached hydrogens (primary N) is 1. The van der Waals surface area contributed by atoms with Crippen LogP contribution in [0.4, 0.5) is 5.69 Å². The van der Waals surface area contributed by atoms with Gasteiger partial charge in [0.15, 0.2) is 5.82 Å². The molecule has 0 amide bonds. The highest BCUT2D eigenvalue weighted by Crippen LogP contribution is 2.39. The molecule has 0 atom stereocenters. The standard InChI is InChI=1S/C11H10ClN3O/c12-9-4-3-7(13)5-8(9)11-14-10(15-16-11)6-1-2-6/h3-6H,1-2,13H2. The number of rotatable bonds is 2. The van der Waals surface area contributed by atoms with Crippen molar-refractivity contribution in [1.82, 2.24) is 10.1 Å². The van der Waals surface area contributed by atoms with Crippen LogP contribution in [0, 0.1) is 0 Å². The number of nitrogens with zero attached hydrogens (tertiary/aromatic N) is 2. The van der Waals surface area contributed by atoms with Crippen LogP contribution in [0.3, 0.4) is 0 Å². The average Bonchev–Trinajstić information content (AvgIpc) is 3.01. The first-order valence-electron chi connectivity index (χ1n) is 5.13. The Morgan fingerprint density at radius 1 is 1.38 bits per heavy atom. The van der Waals surface area contributed by atoms with Gasteiger partial charge in [-0.1, -0.05) is 16.8 Å². The van der Waals surface area contributed by atoms with Gasteiger partial charge >= 0.3 is 0 Å². The summed E-state index contributed by atoms with van der Waals surface area (Å²) in [7, 11) is 0. The van der Waals surface area contributed by atoms with Crippen LogP contribution in [0.2, 0.25) is 5.02 Å². The van der Waals surface area contributed by atoms with Gasteiger partial charge in [0, 0.05) is 11.6 Å². The smallest absolute Gasteiger partial charge is 0.259 e. The highest BCUT2D eigenvalue weighted by molar-refractivity contribution is 6.33. The van der Waals surface area contributed by atoms with Crippen molar-refractivity contribution in [2.45, 2.75) is 18.8 Å². The lowest BCUT2D eigenvalue weighted by Crippen LogP contribution is -1.87. The topological polar surface area (TPSA) is 64.9 Å². The molecule has 82 valence electrons. The number of nitrogen functional groups attached to an aromatic ring is 1. The van der Waals surface area contributed by atoms with Gasteiger partial charge in [0.05, 0.1) is 10.6 Å². The number of aromatic nitrogens is 2. The van der Waals surface area contributed by atoms with Crippen LogP contribution >= 0.6 is 11.6 Å². The van der Waals surface area contributed by atoms with E-state index in [4.69, 9.17) is 21.9 Å². The number of hydrogen-bond donors (Lipinski definition) is 1. The van der Waals surface area contributed by atoms with Gasteiger partial charge in [-0.3, -0.25) is 0 Å². The zero-order valence-electron chi connectivity index (χ0n) is 8.48. The molecule has 16 heavy (non-hydrogen) atoms. The van der Waals surface area contributed by atoms with Crippen molar-refractivity contribution in [3.8, 4) is 11.5 Å². The summed E-state index contributed by atoms with van der Waals surface area (Å²) in [4.78, 5) is 4.33. The van der Waals surface area contributed by atoms with Crippen molar-refractivity contribution in [3.05, 3.63) is 29.0 Å². The van der Waals surface area contributed by atoms with Gasteiger partial charge < -0.3 is 10.3 Å². The molecule has 2 aromatic rings. The summed E-state index contributed by atoms with van der Waals surface area (Å²) in [5.41, 5.74) is 7.02. The lowest BCUT2D eigenvalue weighted by Gasteiger charge is -1.99. The molecule has 0 bridgehead atoms. The van der Waals surface area contributed by atoms with Crippen molar-refractivity contribution in [2.24, 2.45) is 0 Å². The van der Waals surface area contributed by atoms with Crippen LogP contribution in [0.25, 0.3) is 11.5 Å². The summed E-state index contributed by atoms with van der Waals surface area (Å²) in [6, 6.07) is 5.21. The molecule has 0 radical (unpaired) electrons. The first-order valence-corrected chi connectivity index (χ1v) is 5.51. The molecule has 1 heterocycles. The Hall–Kier alpha value is -1.55. The molecule has 1 saturated carbocycles. The zero-order valence-corrected chi connectivity index (χ0v) is 9.24. The van der Waals surface area contributed by atoms with Gasteiger partial charge in [0.25, 0.3) is 5.89 Å². The molecule has 4 nitrogen and oxygen atoms in total. The van der Waals surface area contributed by atoms with E-state index in [1.54, 1.807) is 18.2 Å². The van der Waals surface area contributed by atoms with E-state index >= 15 is 0 Å². The monoisotopic (exact) mass is 235 g/mol. The van der Waals surface area contributed by atoms with Crippen LogP contribution < -0.4 is 5.73 Å². The quantitative estimate of drug-likeness (QED) is 0.813. The van der Waals surface area contributed by atoms with E-state index in [0.717, 1.165) is 18.7 Å². The van der Waals surface area contributed by atoms with E-state index in [9.17, 15) is 0 Å². The van der Waals surface area contributed by atoms with E-state index in [2.05, 4.69) is 10.1 Å². The third kappa shape index (κ3) is 1.65. The Morgan fingerprint density at radius 3 is 2.94 bits per heavy atom. The van der Waals surface area contributed by atoms with Crippen molar-refractivity contribution in [1.29, 1.82) is 0 Å². The summed E-state index contributed by atoms with van der Waals surface area (Å²) < 4.78 is 5.19. The second-order valence-corrected chi connectivity index (χ2v) is 4.38. The lowest BCUT2D eigenvalue weighted by atomic mass is 10.2. The molecule has 5 heteroatoms. The molecule has 1 aromatic heterocycles. The van der Waals surface area contributed by atoms with Crippen molar-refractivity contribution in [3.63, 3.8) is 0 Å². The maximum Gasteiger partial charge on any atom is 0.259 e. The minimum atomic E-state index is 0.444. The second kappa shape index (κ2) is 3.49. The largest absolute Gasteiger partial charge is 0.399 e. The van der Waals surface area contributed by atoms with Crippen molar-refractivity contribution >= 4 is 17.3 Å². The third-order valence-corrected chi connectivity index (χ3v) is 2.93. The Kier molecular flexibility index (Phi) is 2.11. The summed E-state index contributed by atoms with van der Waals surface area (Å²) in [5, 5.41) is 4.51. The van der Waals surface area contributed by atoms with E-state index in [0.29, 0.717) is 28.1 Å². The molecule has 1 fully saturated rings. The first kappa shape index (κ1) is 9.66. The number of anilines is 1. The minimum Gasteiger partial charge on any atom is -0.399 e. The Bertz CT molecular complexity index is 534. The highest BCUT2D eigenvalue weighted by Gasteiger charge is 2.29. The summed E-state index contributed by atoms with van der Waals surface area (Å²) in [6.07, 6.45) is 2.28. The number of hydrogen-bond acceptors (Lipinski definition) is 4. The molecule has 1 aromatic carbocycles. The third-order valence-electron chi connectivity index (χ3n) is 2.61. The fraction of sp³-hybridized carbons (Fsp3) is 0.273. The number of benzene rings is 1. The fourth-order valence-corrected chi connectivity index (χ4v) is 1.76. The maximum atomic E-state index is 6.05. The molecule has 1 aliphatic carbocycles. The van der Waals surface area contributed by atoms with Gasteiger partial charge in [-0.25, -0.2) is 0 Å². The molecule has 0 unspecified atom stereocenters. The fourth-order valence-electron chi connectivity index (χ4n) is 1.56. The molecular weight excluding hydrogens is 226 g/mol. The minimum absolute atomic E-state index is 0.444. The van der Waals surface area contributed by atoms with Gasteiger partial charge in [-0.2, -0.15) is 4.98 Å². The molecule has 3 rings (SSSR count).